The highest BCUT2D eigenvalue weighted by atomic mass is 127. The number of hydrogen-bond acceptors (Lipinski definition) is 9. The molecule has 0 amide bonds. The van der Waals surface area contributed by atoms with Gasteiger partial charge in [0.2, 0.25) is 0 Å². The van der Waals surface area contributed by atoms with Crippen LogP contribution in [0.1, 0.15) is 0 Å². The minimum absolute atomic E-state index is 0.546. The van der Waals surface area contributed by atoms with Gasteiger partial charge in [-0.2, -0.15) is 0 Å². The third kappa shape index (κ3) is 28.4. The average Bonchev–Trinajstić information content (AvgIpc) is 2.74. The third-order valence-electron chi connectivity index (χ3n) is 3.32. The summed E-state index contributed by atoms with van der Waals surface area (Å²) in [6.45, 7) is 10.3. The maximum atomic E-state index is 5.43. The first-order valence-corrected chi connectivity index (χ1v) is 11.8. The Morgan fingerprint density at radius 3 is 0.897 bits per heavy atom. The van der Waals surface area contributed by atoms with Crippen LogP contribution < -0.4 is 5.32 Å². The van der Waals surface area contributed by atoms with Crippen molar-refractivity contribution < 1.29 is 37.9 Å². The molecule has 0 saturated carbocycles. The normalized spacial score (nSPS) is 11.4. The molecule has 0 saturated heterocycles. The van der Waals surface area contributed by atoms with Crippen LogP contribution >= 0.6 is 22.6 Å². The summed E-state index contributed by atoms with van der Waals surface area (Å²) in [5, 5.41) is 3.02. The van der Waals surface area contributed by atoms with E-state index in [1.165, 1.54) is 0 Å². The van der Waals surface area contributed by atoms with Crippen LogP contribution in [0.25, 0.3) is 0 Å². The Kier molecular flexibility index (Phi) is 28.7. The van der Waals surface area contributed by atoms with Crippen LogP contribution in [0, 0.1) is 0 Å². The van der Waals surface area contributed by atoms with Gasteiger partial charge in [0.15, 0.2) is 0 Å². The Bertz CT molecular complexity index is 267. The molecule has 176 valence electrons. The summed E-state index contributed by atoms with van der Waals surface area (Å²) in [4.78, 5) is 0. The van der Waals surface area contributed by atoms with Crippen LogP contribution in [0.4, 0.5) is 0 Å². The molecule has 0 rings (SSSR count). The first-order valence-electron chi connectivity index (χ1n) is 10.2. The molecule has 1 N–H and O–H groups in total. The lowest BCUT2D eigenvalue weighted by atomic mass is 10.6. The highest BCUT2D eigenvalue weighted by molar-refractivity contribution is 14.1. The van der Waals surface area contributed by atoms with Crippen molar-refractivity contribution in [1.82, 2.24) is 5.32 Å². The second-order valence-corrected chi connectivity index (χ2v) is 6.77. The van der Waals surface area contributed by atoms with Gasteiger partial charge in [0.1, 0.15) is 0 Å². The molecule has 0 aromatic rings. The highest BCUT2D eigenvalue weighted by Crippen LogP contribution is 1.86. The lowest BCUT2D eigenvalue weighted by Gasteiger charge is -2.08. The third-order valence-corrected chi connectivity index (χ3v) is 3.76. The number of alkyl halides is 1. The molecule has 10 heteroatoms. The molecule has 0 fully saturated rings. The van der Waals surface area contributed by atoms with Crippen molar-refractivity contribution in [2.45, 2.75) is 0 Å². The van der Waals surface area contributed by atoms with Crippen molar-refractivity contribution in [3.05, 3.63) is 0 Å². The molecule has 29 heavy (non-hydrogen) atoms. The predicted molar refractivity (Wildman–Crippen MR) is 119 cm³/mol. The van der Waals surface area contributed by atoms with Gasteiger partial charge in [-0.25, -0.2) is 0 Å². The van der Waals surface area contributed by atoms with Crippen molar-refractivity contribution in [3.8, 4) is 0 Å². The van der Waals surface area contributed by atoms with E-state index in [-0.39, 0.29) is 0 Å². The van der Waals surface area contributed by atoms with E-state index in [0.717, 1.165) is 17.6 Å². The highest BCUT2D eigenvalue weighted by Gasteiger charge is 1.95. The zero-order valence-electron chi connectivity index (χ0n) is 17.9. The van der Waals surface area contributed by atoms with E-state index in [1.54, 1.807) is 0 Å². The van der Waals surface area contributed by atoms with E-state index in [9.17, 15) is 0 Å². The number of halogens is 1. The van der Waals surface area contributed by atoms with Crippen molar-refractivity contribution >= 4 is 22.6 Å². The van der Waals surface area contributed by atoms with E-state index in [1.807, 2.05) is 7.05 Å². The number of rotatable bonds is 26. The molecular formula is C19H40INO8. The van der Waals surface area contributed by atoms with Gasteiger partial charge in [-0.1, -0.05) is 22.6 Å². The molecule has 0 aliphatic rings. The zero-order valence-corrected chi connectivity index (χ0v) is 20.0. The summed E-state index contributed by atoms with van der Waals surface area (Å²) in [7, 11) is 1.90. The SMILES string of the molecule is CNCCOCCOCCOCCOCCOCCOCCOCCOCCI. The lowest BCUT2D eigenvalue weighted by molar-refractivity contribution is -0.0226. The van der Waals surface area contributed by atoms with Crippen molar-refractivity contribution in [2.75, 3.05) is 124 Å². The maximum Gasteiger partial charge on any atom is 0.0701 e. The van der Waals surface area contributed by atoms with Crippen LogP contribution in [0.15, 0.2) is 0 Å². The van der Waals surface area contributed by atoms with Gasteiger partial charge < -0.3 is 43.2 Å². The van der Waals surface area contributed by atoms with E-state index in [0.29, 0.717) is 99.1 Å². The average molecular weight is 537 g/mol. The van der Waals surface area contributed by atoms with Gasteiger partial charge in [0.25, 0.3) is 0 Å². The van der Waals surface area contributed by atoms with Crippen LogP contribution in [0.3, 0.4) is 0 Å². The molecule has 0 radical (unpaired) electrons. The minimum atomic E-state index is 0.546. The fourth-order valence-electron chi connectivity index (χ4n) is 1.87. The molecule has 0 aliphatic heterocycles. The van der Waals surface area contributed by atoms with Crippen LogP contribution in [0.2, 0.25) is 0 Å². The Balaban J connectivity index is 2.97. The molecule has 0 bridgehead atoms. The van der Waals surface area contributed by atoms with Gasteiger partial charge in [-0.15, -0.1) is 0 Å². The van der Waals surface area contributed by atoms with Crippen molar-refractivity contribution in [2.24, 2.45) is 0 Å². The molecule has 0 heterocycles. The maximum absolute atomic E-state index is 5.43. The van der Waals surface area contributed by atoms with Gasteiger partial charge in [-0.3, -0.25) is 0 Å². The van der Waals surface area contributed by atoms with Crippen LogP contribution in [-0.2, 0) is 37.9 Å². The molecule has 0 unspecified atom stereocenters. The summed E-state index contributed by atoms with van der Waals surface area (Å²) in [6, 6.07) is 0. The first-order chi connectivity index (χ1) is 14.4. The van der Waals surface area contributed by atoms with E-state index < -0.39 is 0 Å². The van der Waals surface area contributed by atoms with E-state index >= 15 is 0 Å². The standard InChI is InChI=1S/C19H40INO8/c1-21-3-5-23-7-9-25-11-13-27-15-17-29-19-18-28-16-14-26-12-10-24-8-6-22-4-2-20/h21H,2-19H2,1H3. The van der Waals surface area contributed by atoms with Crippen LogP contribution in [0.5, 0.6) is 0 Å². The minimum Gasteiger partial charge on any atom is -0.378 e. The summed E-state index contributed by atoms with van der Waals surface area (Å²) >= 11 is 2.28. The Morgan fingerprint density at radius 2 is 0.655 bits per heavy atom. The fourth-order valence-corrected chi connectivity index (χ4v) is 2.18. The molecule has 9 nitrogen and oxygen atoms in total. The summed E-state index contributed by atoms with van der Waals surface area (Å²) in [5.41, 5.74) is 0. The van der Waals surface area contributed by atoms with E-state index in [4.69, 9.17) is 37.9 Å². The molecule has 0 aliphatic carbocycles. The predicted octanol–water partition coefficient (Wildman–Crippen LogP) is 0.774. The van der Waals surface area contributed by atoms with Gasteiger partial charge >= 0.3 is 0 Å². The zero-order chi connectivity index (χ0) is 21.1. The van der Waals surface area contributed by atoms with Crippen molar-refractivity contribution in [1.29, 1.82) is 0 Å². The molecule has 0 spiro atoms. The Labute approximate surface area is 189 Å². The van der Waals surface area contributed by atoms with Gasteiger partial charge in [0.05, 0.1) is 106 Å². The topological polar surface area (TPSA) is 85.9 Å². The Morgan fingerprint density at radius 1 is 0.414 bits per heavy atom. The Hall–Kier alpha value is 0.370. The largest absolute Gasteiger partial charge is 0.378 e. The summed E-state index contributed by atoms with van der Waals surface area (Å²) < 4.78 is 44.1. The number of nitrogens with one attached hydrogen (secondary N) is 1. The monoisotopic (exact) mass is 537 g/mol. The first kappa shape index (κ1) is 29.4. The molecule has 0 atom stereocenters. The lowest BCUT2D eigenvalue weighted by Crippen LogP contribution is -2.17. The second kappa shape index (κ2) is 28.4. The molecular weight excluding hydrogens is 497 g/mol. The fraction of sp³-hybridized carbons (Fsp3) is 1.00. The quantitative estimate of drug-likeness (QED) is 0.0978. The van der Waals surface area contributed by atoms with Crippen LogP contribution in [-0.4, -0.2) is 124 Å². The molecule has 0 aromatic carbocycles. The number of likely N-dealkylation sites (N-methyl/N-ethyl adjacent to an activating group) is 1. The van der Waals surface area contributed by atoms with E-state index in [2.05, 4.69) is 27.9 Å². The van der Waals surface area contributed by atoms with Gasteiger partial charge in [0, 0.05) is 11.0 Å². The number of hydrogen-bond donors (Lipinski definition) is 1. The summed E-state index contributed by atoms with van der Waals surface area (Å²) in [5.74, 6) is 0. The second-order valence-electron chi connectivity index (χ2n) is 5.69. The summed E-state index contributed by atoms with van der Waals surface area (Å²) in [6.07, 6.45) is 0. The molecule has 0 aromatic heterocycles. The van der Waals surface area contributed by atoms with Gasteiger partial charge in [-0.05, 0) is 7.05 Å². The smallest absolute Gasteiger partial charge is 0.0701 e. The number of ether oxygens (including phenoxy) is 8. The van der Waals surface area contributed by atoms with Crippen molar-refractivity contribution in [3.63, 3.8) is 0 Å².